The first kappa shape index (κ1) is 20.1. The van der Waals surface area contributed by atoms with Crippen molar-refractivity contribution in [2.45, 2.75) is 18.6 Å². The van der Waals surface area contributed by atoms with Gasteiger partial charge in [-0.25, -0.2) is 4.39 Å². The van der Waals surface area contributed by atoms with Gasteiger partial charge >= 0.3 is 0 Å². The zero-order valence-electron chi connectivity index (χ0n) is 15.2. The average Bonchev–Trinajstić information content (AvgIpc) is 3.06. The van der Waals surface area contributed by atoms with Gasteiger partial charge in [0.2, 0.25) is 5.91 Å². The number of amides is 1. The van der Waals surface area contributed by atoms with E-state index in [1.807, 2.05) is 22.8 Å². The number of aryl methyl sites for hydroxylation is 1. The maximum Gasteiger partial charge on any atom is 0.234 e. The number of hydrogen-bond acceptors (Lipinski definition) is 4. The number of nitrogens with one attached hydrogen (secondary N) is 1. The molecule has 1 N–H and O–H groups in total. The number of aromatic nitrogens is 3. The van der Waals surface area contributed by atoms with Crippen molar-refractivity contribution < 1.29 is 9.18 Å². The van der Waals surface area contributed by atoms with Crippen molar-refractivity contribution in [3.8, 4) is 11.4 Å². The van der Waals surface area contributed by atoms with Crippen LogP contribution in [0.3, 0.4) is 0 Å². The second-order valence-electron chi connectivity index (χ2n) is 5.99. The predicted molar refractivity (Wildman–Crippen MR) is 111 cm³/mol. The highest BCUT2D eigenvalue weighted by atomic mass is 35.5. The molecule has 0 unspecified atom stereocenters. The molecule has 3 rings (SSSR count). The number of allylic oxidation sites excluding steroid dienone is 1. The first-order valence-corrected chi connectivity index (χ1v) is 9.83. The van der Waals surface area contributed by atoms with Crippen molar-refractivity contribution in [1.29, 1.82) is 0 Å². The SMILES string of the molecule is C=CCn1c(SCC(=O)Nc2ccc(C)c(F)c2)nnc1-c1ccccc1Cl. The molecule has 144 valence electrons. The van der Waals surface area contributed by atoms with Gasteiger partial charge in [-0.1, -0.05) is 47.6 Å². The summed E-state index contributed by atoms with van der Waals surface area (Å²) in [6.45, 7) is 5.91. The van der Waals surface area contributed by atoms with E-state index in [9.17, 15) is 9.18 Å². The second-order valence-corrected chi connectivity index (χ2v) is 7.34. The molecular weight excluding hydrogens is 399 g/mol. The summed E-state index contributed by atoms with van der Waals surface area (Å²) in [5, 5.41) is 12.2. The predicted octanol–water partition coefficient (Wildman–Crippen LogP) is 4.96. The molecule has 0 aliphatic rings. The largest absolute Gasteiger partial charge is 0.325 e. The molecular formula is C20H18ClFN4OS. The third-order valence-corrected chi connectivity index (χ3v) is 5.23. The van der Waals surface area contributed by atoms with E-state index in [0.717, 1.165) is 5.56 Å². The molecule has 0 aliphatic carbocycles. The molecule has 2 aromatic carbocycles. The quantitative estimate of drug-likeness (QED) is 0.436. The lowest BCUT2D eigenvalue weighted by molar-refractivity contribution is -0.113. The zero-order valence-corrected chi connectivity index (χ0v) is 16.7. The second kappa shape index (κ2) is 9.03. The average molecular weight is 417 g/mol. The topological polar surface area (TPSA) is 59.8 Å². The summed E-state index contributed by atoms with van der Waals surface area (Å²) in [5.74, 6) is 0.0862. The van der Waals surface area contributed by atoms with Gasteiger partial charge in [0.1, 0.15) is 5.82 Å². The minimum Gasteiger partial charge on any atom is -0.325 e. The molecule has 0 saturated carbocycles. The summed E-state index contributed by atoms with van der Waals surface area (Å²) >= 11 is 7.51. The third kappa shape index (κ3) is 4.61. The molecule has 1 aromatic heterocycles. The van der Waals surface area contributed by atoms with Crippen LogP contribution < -0.4 is 5.32 Å². The Balaban J connectivity index is 1.73. The number of carbonyl (C=O) groups is 1. The van der Waals surface area contributed by atoms with Crippen molar-refractivity contribution in [2.24, 2.45) is 0 Å². The highest BCUT2D eigenvalue weighted by Crippen LogP contribution is 2.29. The first-order valence-electron chi connectivity index (χ1n) is 8.47. The van der Waals surface area contributed by atoms with Crippen LogP contribution in [0.4, 0.5) is 10.1 Å². The first-order chi connectivity index (χ1) is 13.5. The molecule has 8 heteroatoms. The number of nitrogens with zero attached hydrogens (tertiary/aromatic N) is 3. The zero-order chi connectivity index (χ0) is 20.1. The molecule has 5 nitrogen and oxygen atoms in total. The summed E-state index contributed by atoms with van der Waals surface area (Å²) < 4.78 is 15.5. The Morgan fingerprint density at radius 1 is 1.32 bits per heavy atom. The van der Waals surface area contributed by atoms with Crippen LogP contribution in [-0.2, 0) is 11.3 Å². The van der Waals surface area contributed by atoms with Gasteiger partial charge in [-0.3, -0.25) is 9.36 Å². The summed E-state index contributed by atoms with van der Waals surface area (Å²) in [4.78, 5) is 12.2. The Kier molecular flexibility index (Phi) is 6.49. The number of rotatable bonds is 7. The molecule has 3 aromatic rings. The van der Waals surface area contributed by atoms with Crippen LogP contribution in [0.1, 0.15) is 5.56 Å². The van der Waals surface area contributed by atoms with Gasteiger partial charge in [-0.15, -0.1) is 16.8 Å². The van der Waals surface area contributed by atoms with E-state index in [0.29, 0.717) is 33.8 Å². The van der Waals surface area contributed by atoms with Crippen LogP contribution in [-0.4, -0.2) is 26.4 Å². The highest BCUT2D eigenvalue weighted by Gasteiger charge is 2.16. The number of halogens is 2. The Morgan fingerprint density at radius 2 is 2.11 bits per heavy atom. The molecule has 0 radical (unpaired) electrons. The van der Waals surface area contributed by atoms with E-state index in [2.05, 4.69) is 22.1 Å². The molecule has 0 aliphatic heterocycles. The number of benzene rings is 2. The van der Waals surface area contributed by atoms with E-state index in [1.165, 1.54) is 17.8 Å². The van der Waals surface area contributed by atoms with Crippen LogP contribution in [0.5, 0.6) is 0 Å². The fraction of sp³-hybridized carbons (Fsp3) is 0.150. The van der Waals surface area contributed by atoms with Crippen molar-refractivity contribution in [3.05, 3.63) is 71.5 Å². The summed E-state index contributed by atoms with van der Waals surface area (Å²) in [5.41, 5.74) is 1.69. The minimum absolute atomic E-state index is 0.104. The van der Waals surface area contributed by atoms with Crippen LogP contribution >= 0.6 is 23.4 Å². The monoisotopic (exact) mass is 416 g/mol. The van der Waals surface area contributed by atoms with Crippen LogP contribution in [0, 0.1) is 12.7 Å². The lowest BCUT2D eigenvalue weighted by Gasteiger charge is -2.09. The number of thioether (sulfide) groups is 1. The lowest BCUT2D eigenvalue weighted by atomic mass is 10.2. The number of carbonyl (C=O) groups excluding carboxylic acids is 1. The maximum atomic E-state index is 13.6. The fourth-order valence-electron chi connectivity index (χ4n) is 2.53. The van der Waals surface area contributed by atoms with Crippen molar-refractivity contribution in [3.63, 3.8) is 0 Å². The molecule has 0 spiro atoms. The standard InChI is InChI=1S/C20H18ClFN4OS/c1-3-10-26-19(15-6-4-5-7-16(15)21)24-25-20(26)28-12-18(27)23-14-9-8-13(2)17(22)11-14/h3-9,11H,1,10,12H2,2H3,(H,23,27). The Hall–Kier alpha value is -2.64. The fourth-order valence-corrected chi connectivity index (χ4v) is 3.50. The van der Waals surface area contributed by atoms with Crippen molar-refractivity contribution in [2.75, 3.05) is 11.1 Å². The molecule has 0 atom stereocenters. The third-order valence-electron chi connectivity index (χ3n) is 3.93. The summed E-state index contributed by atoms with van der Waals surface area (Å²) in [6.07, 6.45) is 1.73. The molecule has 28 heavy (non-hydrogen) atoms. The smallest absolute Gasteiger partial charge is 0.234 e. The Morgan fingerprint density at radius 3 is 2.82 bits per heavy atom. The number of hydrogen-bond donors (Lipinski definition) is 1. The molecule has 0 saturated heterocycles. The van der Waals surface area contributed by atoms with Gasteiger partial charge in [0, 0.05) is 17.8 Å². The van der Waals surface area contributed by atoms with Gasteiger partial charge in [0.05, 0.1) is 10.8 Å². The van der Waals surface area contributed by atoms with E-state index < -0.39 is 0 Å². The van der Waals surface area contributed by atoms with E-state index in [1.54, 1.807) is 31.2 Å². The molecule has 0 bridgehead atoms. The maximum absolute atomic E-state index is 13.6. The van der Waals surface area contributed by atoms with Gasteiger partial charge in [-0.05, 0) is 36.8 Å². The lowest BCUT2D eigenvalue weighted by Crippen LogP contribution is -2.15. The Bertz CT molecular complexity index is 1020. The van der Waals surface area contributed by atoms with E-state index in [4.69, 9.17) is 11.6 Å². The van der Waals surface area contributed by atoms with Crippen molar-refractivity contribution >= 4 is 35.0 Å². The summed E-state index contributed by atoms with van der Waals surface area (Å²) in [6, 6.07) is 11.9. The van der Waals surface area contributed by atoms with Crippen LogP contribution in [0.2, 0.25) is 5.02 Å². The molecule has 0 fully saturated rings. The molecule has 1 heterocycles. The van der Waals surface area contributed by atoms with Gasteiger partial charge in [0.25, 0.3) is 0 Å². The van der Waals surface area contributed by atoms with Gasteiger partial charge in [0.15, 0.2) is 11.0 Å². The summed E-state index contributed by atoms with van der Waals surface area (Å²) in [7, 11) is 0. The van der Waals surface area contributed by atoms with Crippen LogP contribution in [0.15, 0.2) is 60.3 Å². The molecule has 1 amide bonds. The van der Waals surface area contributed by atoms with Gasteiger partial charge < -0.3 is 5.32 Å². The highest BCUT2D eigenvalue weighted by molar-refractivity contribution is 7.99. The van der Waals surface area contributed by atoms with E-state index in [-0.39, 0.29) is 17.5 Å². The number of anilines is 1. The van der Waals surface area contributed by atoms with Crippen LogP contribution in [0.25, 0.3) is 11.4 Å². The van der Waals surface area contributed by atoms with Gasteiger partial charge in [-0.2, -0.15) is 0 Å². The van der Waals surface area contributed by atoms with Crippen molar-refractivity contribution in [1.82, 2.24) is 14.8 Å². The normalized spacial score (nSPS) is 10.7. The minimum atomic E-state index is -0.361. The van der Waals surface area contributed by atoms with E-state index >= 15 is 0 Å². The Labute approximate surface area is 171 Å².